The first-order valence-electron chi connectivity index (χ1n) is 6.03. The van der Waals surface area contributed by atoms with Gasteiger partial charge in [-0.15, -0.1) is 0 Å². The number of halogens is 1. The van der Waals surface area contributed by atoms with E-state index >= 15 is 0 Å². The smallest absolute Gasteiger partial charge is 0.185 e. The maximum atomic E-state index is 11.7. The Hall–Kier alpha value is -1.35. The lowest BCUT2D eigenvalue weighted by atomic mass is 10.1. The molecule has 0 aliphatic rings. The van der Waals surface area contributed by atoms with E-state index in [4.69, 9.17) is 0 Å². The van der Waals surface area contributed by atoms with Crippen LogP contribution in [0.4, 0.5) is 0 Å². The summed E-state index contributed by atoms with van der Waals surface area (Å²) in [5, 5.41) is 0.582. The Morgan fingerprint density at radius 3 is 2.44 bits per heavy atom. The summed E-state index contributed by atoms with van der Waals surface area (Å²) in [7, 11) is 0. The summed E-state index contributed by atoms with van der Waals surface area (Å²) in [6.45, 7) is 4.09. The van der Waals surface area contributed by atoms with Crippen molar-refractivity contribution in [2.45, 2.75) is 25.6 Å². The summed E-state index contributed by atoms with van der Waals surface area (Å²) >= 11 is 3.35. The minimum atomic E-state index is 0.0887. The number of pyridine rings is 1. The van der Waals surface area contributed by atoms with E-state index in [0.29, 0.717) is 5.33 Å². The van der Waals surface area contributed by atoms with E-state index < -0.39 is 0 Å². The highest BCUT2D eigenvalue weighted by molar-refractivity contribution is 9.08. The van der Waals surface area contributed by atoms with E-state index in [-0.39, 0.29) is 5.43 Å². The maximum absolute atomic E-state index is 11.7. The molecule has 1 heterocycles. The van der Waals surface area contributed by atoms with Crippen LogP contribution in [0.1, 0.15) is 23.7 Å². The van der Waals surface area contributed by atoms with E-state index in [9.17, 15) is 4.79 Å². The zero-order valence-corrected chi connectivity index (χ0v) is 12.2. The maximum Gasteiger partial charge on any atom is 0.185 e. The van der Waals surface area contributed by atoms with Gasteiger partial charge in [-0.2, -0.15) is 0 Å². The van der Waals surface area contributed by atoms with Crippen molar-refractivity contribution in [3.05, 3.63) is 63.6 Å². The predicted octanol–water partition coefficient (Wildman–Crippen LogP) is 3.60. The van der Waals surface area contributed by atoms with Crippen LogP contribution in [-0.2, 0) is 11.8 Å². The number of alkyl halides is 1. The summed E-state index contributed by atoms with van der Waals surface area (Å²) in [4.78, 5) is 11.7. The SMILES string of the molecule is CCc1ccc(-n2cc(CBr)c(=O)cc2C)cc1. The highest BCUT2D eigenvalue weighted by Gasteiger charge is 2.04. The number of benzene rings is 1. The van der Waals surface area contributed by atoms with Crippen molar-refractivity contribution in [2.24, 2.45) is 0 Å². The molecule has 18 heavy (non-hydrogen) atoms. The fourth-order valence-electron chi connectivity index (χ4n) is 1.94. The van der Waals surface area contributed by atoms with E-state index in [0.717, 1.165) is 23.4 Å². The average Bonchev–Trinajstić information content (AvgIpc) is 2.39. The minimum Gasteiger partial charge on any atom is -0.321 e. The standard InChI is InChI=1S/C15H16BrNO/c1-3-12-4-6-14(7-5-12)17-10-13(9-16)15(18)8-11(17)2/h4-8,10H,3,9H2,1-2H3. The van der Waals surface area contributed by atoms with Crippen molar-refractivity contribution >= 4 is 15.9 Å². The van der Waals surface area contributed by atoms with Crippen LogP contribution in [0.5, 0.6) is 0 Å². The molecule has 1 aromatic heterocycles. The summed E-state index contributed by atoms with van der Waals surface area (Å²) in [5.74, 6) is 0. The van der Waals surface area contributed by atoms with E-state index in [1.807, 2.05) is 13.1 Å². The van der Waals surface area contributed by atoms with Gasteiger partial charge in [0.05, 0.1) is 0 Å². The quantitative estimate of drug-likeness (QED) is 0.794. The predicted molar refractivity (Wildman–Crippen MR) is 78.8 cm³/mol. The Balaban J connectivity index is 2.52. The molecule has 0 N–H and O–H groups in total. The number of aryl methyl sites for hydroxylation is 2. The lowest BCUT2D eigenvalue weighted by Gasteiger charge is -2.12. The van der Waals surface area contributed by atoms with Gasteiger partial charge in [-0.05, 0) is 31.0 Å². The molecule has 0 unspecified atom stereocenters. The van der Waals surface area contributed by atoms with Crippen LogP contribution in [0.15, 0.2) is 41.3 Å². The fourth-order valence-corrected chi connectivity index (χ4v) is 2.37. The number of aromatic nitrogens is 1. The molecule has 1 aromatic carbocycles. The van der Waals surface area contributed by atoms with Crippen molar-refractivity contribution in [1.29, 1.82) is 0 Å². The third kappa shape index (κ3) is 2.56. The molecule has 0 atom stereocenters. The van der Waals surface area contributed by atoms with E-state index in [1.54, 1.807) is 6.07 Å². The molecule has 0 aliphatic carbocycles. The summed E-state index contributed by atoms with van der Waals surface area (Å²) < 4.78 is 2.05. The largest absolute Gasteiger partial charge is 0.321 e. The normalized spacial score (nSPS) is 10.6. The van der Waals surface area contributed by atoms with Crippen molar-refractivity contribution in [2.75, 3.05) is 0 Å². The first-order valence-corrected chi connectivity index (χ1v) is 7.15. The molecule has 0 saturated carbocycles. The molecule has 0 spiro atoms. The summed E-state index contributed by atoms with van der Waals surface area (Å²) in [6.07, 6.45) is 2.95. The molecule has 0 fully saturated rings. The highest BCUT2D eigenvalue weighted by Crippen LogP contribution is 2.13. The molecule has 0 aliphatic heterocycles. The van der Waals surface area contributed by atoms with Gasteiger partial charge in [-0.25, -0.2) is 0 Å². The molecule has 2 rings (SSSR count). The number of hydrogen-bond acceptors (Lipinski definition) is 1. The Labute approximate surface area is 115 Å². The fraction of sp³-hybridized carbons (Fsp3) is 0.267. The van der Waals surface area contributed by atoms with Crippen LogP contribution in [0.2, 0.25) is 0 Å². The summed E-state index contributed by atoms with van der Waals surface area (Å²) in [6, 6.07) is 10.1. The Kier molecular flexibility index (Phi) is 4.02. The lowest BCUT2D eigenvalue weighted by molar-refractivity contribution is 0.954. The Morgan fingerprint density at radius 1 is 1.22 bits per heavy atom. The van der Waals surface area contributed by atoms with Gasteiger partial charge in [0, 0.05) is 34.5 Å². The second-order valence-corrected chi connectivity index (χ2v) is 4.89. The molecule has 3 heteroatoms. The van der Waals surface area contributed by atoms with Gasteiger partial charge in [0.25, 0.3) is 0 Å². The third-order valence-electron chi connectivity index (χ3n) is 3.09. The van der Waals surface area contributed by atoms with Crippen molar-refractivity contribution in [3.63, 3.8) is 0 Å². The van der Waals surface area contributed by atoms with Crippen molar-refractivity contribution < 1.29 is 0 Å². The van der Waals surface area contributed by atoms with E-state index in [1.165, 1.54) is 5.56 Å². The molecular formula is C15H16BrNO. The highest BCUT2D eigenvalue weighted by atomic mass is 79.9. The zero-order valence-electron chi connectivity index (χ0n) is 10.6. The third-order valence-corrected chi connectivity index (χ3v) is 3.69. The van der Waals surface area contributed by atoms with Crippen LogP contribution in [-0.4, -0.2) is 4.57 Å². The van der Waals surface area contributed by atoms with Crippen LogP contribution in [0.25, 0.3) is 5.69 Å². The van der Waals surface area contributed by atoms with Crippen LogP contribution < -0.4 is 5.43 Å². The first-order chi connectivity index (χ1) is 8.65. The molecule has 0 bridgehead atoms. The number of rotatable bonds is 3. The van der Waals surface area contributed by atoms with Gasteiger partial charge >= 0.3 is 0 Å². The second-order valence-electron chi connectivity index (χ2n) is 4.33. The second kappa shape index (κ2) is 5.53. The molecule has 0 amide bonds. The van der Waals surface area contributed by atoms with Gasteiger partial charge in [-0.1, -0.05) is 35.0 Å². The monoisotopic (exact) mass is 305 g/mol. The first kappa shape index (κ1) is 13.1. The van der Waals surface area contributed by atoms with Gasteiger partial charge < -0.3 is 4.57 Å². The minimum absolute atomic E-state index is 0.0887. The van der Waals surface area contributed by atoms with Crippen LogP contribution >= 0.6 is 15.9 Å². The van der Waals surface area contributed by atoms with Gasteiger partial charge in [-0.3, -0.25) is 4.79 Å². The Morgan fingerprint density at radius 2 is 1.89 bits per heavy atom. The molecule has 0 saturated heterocycles. The lowest BCUT2D eigenvalue weighted by Crippen LogP contribution is -2.12. The molecule has 94 valence electrons. The van der Waals surface area contributed by atoms with Gasteiger partial charge in [0.2, 0.25) is 0 Å². The summed E-state index contributed by atoms with van der Waals surface area (Å²) in [5.41, 5.74) is 4.23. The number of hydrogen-bond donors (Lipinski definition) is 0. The number of nitrogens with zero attached hydrogens (tertiary/aromatic N) is 1. The van der Waals surface area contributed by atoms with Crippen molar-refractivity contribution in [3.8, 4) is 5.69 Å². The average molecular weight is 306 g/mol. The molecule has 2 nitrogen and oxygen atoms in total. The topological polar surface area (TPSA) is 22.0 Å². The Bertz CT molecular complexity index is 599. The van der Waals surface area contributed by atoms with Crippen molar-refractivity contribution in [1.82, 2.24) is 4.57 Å². The molecule has 0 radical (unpaired) electrons. The van der Waals surface area contributed by atoms with Gasteiger partial charge in [0.15, 0.2) is 5.43 Å². The van der Waals surface area contributed by atoms with Crippen LogP contribution in [0.3, 0.4) is 0 Å². The van der Waals surface area contributed by atoms with Crippen LogP contribution in [0, 0.1) is 6.92 Å². The molecular weight excluding hydrogens is 290 g/mol. The molecule has 2 aromatic rings. The van der Waals surface area contributed by atoms with Gasteiger partial charge in [0.1, 0.15) is 0 Å². The zero-order chi connectivity index (χ0) is 13.1. The van der Waals surface area contributed by atoms with E-state index in [2.05, 4.69) is 51.7 Å².